The second-order valence-corrected chi connectivity index (χ2v) is 4.62. The first-order valence-corrected chi connectivity index (χ1v) is 5.35. The van der Waals surface area contributed by atoms with Gasteiger partial charge in [-0.3, -0.25) is 4.79 Å². The topological polar surface area (TPSA) is 49.8 Å². The van der Waals surface area contributed by atoms with Gasteiger partial charge in [-0.1, -0.05) is 0 Å². The van der Waals surface area contributed by atoms with Gasteiger partial charge in [0.1, 0.15) is 5.41 Å². The summed E-state index contributed by atoms with van der Waals surface area (Å²) >= 11 is 0. The molecule has 0 aliphatic carbocycles. The number of hydrogen-bond acceptors (Lipinski definition) is 3. The molecule has 0 aromatic rings. The summed E-state index contributed by atoms with van der Waals surface area (Å²) in [5, 5.41) is 9.15. The van der Waals surface area contributed by atoms with Crippen molar-refractivity contribution < 1.29 is 23.4 Å². The highest BCUT2D eigenvalue weighted by Gasteiger charge is 2.50. The molecule has 0 atom stereocenters. The van der Waals surface area contributed by atoms with Crippen LogP contribution in [0.4, 0.5) is 8.78 Å². The monoisotopic (exact) mass is 235 g/mol. The predicted molar refractivity (Wildman–Crippen MR) is 51.1 cm³/mol. The molecule has 2 aliphatic heterocycles. The molecule has 2 rings (SSSR count). The van der Waals surface area contributed by atoms with Crippen molar-refractivity contribution in [3.8, 4) is 0 Å². The Kier molecular flexibility index (Phi) is 2.88. The first-order chi connectivity index (χ1) is 7.49. The molecule has 0 aromatic heterocycles. The molecule has 2 aliphatic rings. The quantitative estimate of drug-likeness (QED) is 0.746. The van der Waals surface area contributed by atoms with Crippen molar-refractivity contribution in [3.63, 3.8) is 0 Å². The van der Waals surface area contributed by atoms with Crippen molar-refractivity contribution in [1.82, 2.24) is 4.90 Å². The van der Waals surface area contributed by atoms with E-state index in [9.17, 15) is 13.6 Å². The van der Waals surface area contributed by atoms with Crippen LogP contribution in [-0.2, 0) is 9.53 Å². The van der Waals surface area contributed by atoms with Gasteiger partial charge in [-0.25, -0.2) is 8.78 Å². The first-order valence-electron chi connectivity index (χ1n) is 5.35. The molecule has 0 aromatic carbocycles. The van der Waals surface area contributed by atoms with Gasteiger partial charge >= 0.3 is 0 Å². The average molecular weight is 235 g/mol. The fraction of sp³-hybridized carbons (Fsp3) is 0.900. The summed E-state index contributed by atoms with van der Waals surface area (Å²) in [7, 11) is 0. The van der Waals surface area contributed by atoms with Gasteiger partial charge in [0.05, 0.1) is 26.4 Å². The average Bonchev–Trinajstić information content (AvgIpc) is 2.15. The van der Waals surface area contributed by atoms with Crippen LogP contribution in [0, 0.1) is 5.41 Å². The maximum absolute atomic E-state index is 13.1. The molecule has 16 heavy (non-hydrogen) atoms. The van der Waals surface area contributed by atoms with Crippen molar-refractivity contribution in [2.24, 2.45) is 5.41 Å². The second-order valence-electron chi connectivity index (χ2n) is 4.62. The van der Waals surface area contributed by atoms with Crippen molar-refractivity contribution in [2.45, 2.75) is 18.8 Å². The highest BCUT2D eigenvalue weighted by molar-refractivity contribution is 5.84. The third-order valence-electron chi connectivity index (χ3n) is 3.19. The second kappa shape index (κ2) is 3.92. The molecule has 0 saturated carbocycles. The molecule has 0 unspecified atom stereocenters. The van der Waals surface area contributed by atoms with E-state index in [1.165, 1.54) is 0 Å². The lowest BCUT2D eigenvalue weighted by Crippen LogP contribution is -2.60. The molecular weight excluding hydrogens is 220 g/mol. The van der Waals surface area contributed by atoms with Gasteiger partial charge in [-0.15, -0.1) is 0 Å². The van der Waals surface area contributed by atoms with E-state index in [4.69, 9.17) is 9.84 Å². The Morgan fingerprint density at radius 2 is 2.12 bits per heavy atom. The van der Waals surface area contributed by atoms with E-state index in [0.717, 1.165) is 4.90 Å². The van der Waals surface area contributed by atoms with Crippen LogP contribution in [0.1, 0.15) is 12.8 Å². The Bertz CT molecular complexity index is 286. The molecule has 1 N–H and O–H groups in total. The molecule has 2 heterocycles. The van der Waals surface area contributed by atoms with Crippen molar-refractivity contribution >= 4 is 5.91 Å². The molecule has 0 radical (unpaired) electrons. The maximum atomic E-state index is 13.1. The van der Waals surface area contributed by atoms with E-state index in [-0.39, 0.29) is 26.2 Å². The molecule has 92 valence electrons. The molecular formula is C10H15F2NO3. The minimum atomic E-state index is -2.80. The molecule has 0 spiro atoms. The SMILES string of the molecule is O=C(N1CCCC(F)(F)C1)C1(CO)COC1. The summed E-state index contributed by atoms with van der Waals surface area (Å²) in [6, 6.07) is 0. The normalized spacial score (nSPS) is 27.3. The Labute approximate surface area is 92.2 Å². The maximum Gasteiger partial charge on any atom is 0.265 e. The Hall–Kier alpha value is -0.750. The molecule has 2 fully saturated rings. The van der Waals surface area contributed by atoms with Crippen LogP contribution in [0.2, 0.25) is 0 Å². The molecule has 6 heteroatoms. The summed E-state index contributed by atoms with van der Waals surface area (Å²) in [6.07, 6.45) is 0.139. The lowest BCUT2D eigenvalue weighted by Gasteiger charge is -2.43. The number of rotatable bonds is 2. The van der Waals surface area contributed by atoms with E-state index in [1.54, 1.807) is 0 Å². The van der Waals surface area contributed by atoms with Crippen LogP contribution in [0.3, 0.4) is 0 Å². The molecule has 0 bridgehead atoms. The van der Waals surface area contributed by atoms with Crippen molar-refractivity contribution in [1.29, 1.82) is 0 Å². The third kappa shape index (κ3) is 1.91. The summed E-state index contributed by atoms with van der Waals surface area (Å²) in [5.41, 5.74) is -0.965. The fourth-order valence-electron chi connectivity index (χ4n) is 2.11. The molecule has 1 amide bonds. The van der Waals surface area contributed by atoms with E-state index in [1.807, 2.05) is 0 Å². The standard InChI is InChI=1S/C10H15F2NO3/c11-10(12)2-1-3-13(4-10)8(15)9(5-14)6-16-7-9/h14H,1-7H2. The van der Waals surface area contributed by atoms with Crippen LogP contribution in [0.15, 0.2) is 0 Å². The fourth-order valence-corrected chi connectivity index (χ4v) is 2.11. The Balaban J connectivity index is 2.04. The number of nitrogens with zero attached hydrogens (tertiary/aromatic N) is 1. The first kappa shape index (κ1) is 11.7. The number of carbonyl (C=O) groups excluding carboxylic acids is 1. The van der Waals surface area contributed by atoms with Gasteiger partial charge in [0.2, 0.25) is 5.91 Å². The van der Waals surface area contributed by atoms with Crippen LogP contribution in [0.25, 0.3) is 0 Å². The number of aliphatic hydroxyl groups excluding tert-OH is 1. The van der Waals surface area contributed by atoms with Gasteiger partial charge in [-0.2, -0.15) is 0 Å². The largest absolute Gasteiger partial charge is 0.395 e. The number of likely N-dealkylation sites (tertiary alicyclic amines) is 1. The van der Waals surface area contributed by atoms with Crippen LogP contribution in [0.5, 0.6) is 0 Å². The van der Waals surface area contributed by atoms with E-state index >= 15 is 0 Å². The number of amides is 1. The van der Waals surface area contributed by atoms with Gasteiger partial charge < -0.3 is 14.7 Å². The minimum Gasteiger partial charge on any atom is -0.395 e. The zero-order chi connectivity index (χ0) is 11.8. The predicted octanol–water partition coefficient (Wildman–Crippen LogP) is 0.253. The minimum absolute atomic E-state index is 0.129. The van der Waals surface area contributed by atoms with Gasteiger partial charge in [0.25, 0.3) is 5.92 Å². The Morgan fingerprint density at radius 1 is 1.44 bits per heavy atom. The zero-order valence-corrected chi connectivity index (χ0v) is 8.92. The number of aliphatic hydroxyl groups is 1. The van der Waals surface area contributed by atoms with E-state index in [0.29, 0.717) is 13.0 Å². The molecule has 2 saturated heterocycles. The lowest BCUT2D eigenvalue weighted by molar-refractivity contribution is -0.187. The van der Waals surface area contributed by atoms with Crippen LogP contribution < -0.4 is 0 Å². The van der Waals surface area contributed by atoms with Gasteiger partial charge in [0.15, 0.2) is 0 Å². The number of piperidine rings is 1. The number of hydrogen-bond donors (Lipinski definition) is 1. The highest BCUT2D eigenvalue weighted by atomic mass is 19.3. The van der Waals surface area contributed by atoms with Gasteiger partial charge in [-0.05, 0) is 6.42 Å². The van der Waals surface area contributed by atoms with E-state index < -0.39 is 23.8 Å². The van der Waals surface area contributed by atoms with E-state index in [2.05, 4.69) is 0 Å². The third-order valence-corrected chi connectivity index (χ3v) is 3.19. The number of alkyl halides is 2. The Morgan fingerprint density at radius 3 is 2.56 bits per heavy atom. The summed E-state index contributed by atoms with van der Waals surface area (Å²) < 4.78 is 31.2. The molecule has 4 nitrogen and oxygen atoms in total. The smallest absolute Gasteiger partial charge is 0.265 e. The van der Waals surface area contributed by atoms with Crippen LogP contribution in [-0.4, -0.2) is 54.7 Å². The van der Waals surface area contributed by atoms with Crippen molar-refractivity contribution in [2.75, 3.05) is 32.9 Å². The number of ether oxygens (including phenoxy) is 1. The highest BCUT2D eigenvalue weighted by Crippen LogP contribution is 2.33. The summed E-state index contributed by atoms with van der Waals surface area (Å²) in [4.78, 5) is 13.1. The van der Waals surface area contributed by atoms with Crippen LogP contribution >= 0.6 is 0 Å². The van der Waals surface area contributed by atoms with Crippen molar-refractivity contribution in [3.05, 3.63) is 0 Å². The zero-order valence-electron chi connectivity index (χ0n) is 8.92. The van der Waals surface area contributed by atoms with Gasteiger partial charge in [0, 0.05) is 13.0 Å². The number of halogens is 2. The summed E-state index contributed by atoms with van der Waals surface area (Å²) in [6.45, 7) is -0.271. The lowest BCUT2D eigenvalue weighted by atomic mass is 9.84. The summed E-state index contributed by atoms with van der Waals surface area (Å²) in [5.74, 6) is -3.20. The number of carbonyl (C=O) groups is 1.